The topological polar surface area (TPSA) is 83.8 Å². The fourth-order valence-corrected chi connectivity index (χ4v) is 0.357. The maximum atomic E-state index is 10.4. The minimum atomic E-state index is -1.56. The molecule has 0 spiro atoms. The molecule has 0 aromatic rings. The van der Waals surface area contributed by atoms with E-state index < -0.39 is 17.7 Å². The summed E-state index contributed by atoms with van der Waals surface area (Å²) in [5, 5.41) is 16.6. The summed E-state index contributed by atoms with van der Waals surface area (Å²) in [6, 6.07) is 0. The number of esters is 1. The molecule has 0 aromatic heterocycles. The van der Waals surface area contributed by atoms with Gasteiger partial charge in [0.15, 0.2) is 0 Å². The number of carbonyl (C=O) groups excluding carboxylic acids is 1. The molecule has 5 heteroatoms. The molecule has 0 radical (unpaired) electrons. The lowest BCUT2D eigenvalue weighted by Crippen LogP contribution is -2.06. The minimum absolute atomic E-state index is 0.141. The van der Waals surface area contributed by atoms with Crippen molar-refractivity contribution in [3.8, 4) is 0 Å². The molecule has 2 N–H and O–H groups in total. The SMILES string of the molecule is CCOC(=O)C=C(O)C(=O)O. The number of ether oxygens (including phenoxy) is 1. The molecule has 0 aromatic carbocycles. The average molecular weight is 160 g/mol. The highest BCUT2D eigenvalue weighted by molar-refractivity contribution is 5.93. The van der Waals surface area contributed by atoms with Crippen molar-refractivity contribution in [3.63, 3.8) is 0 Å². The van der Waals surface area contributed by atoms with Crippen molar-refractivity contribution >= 4 is 11.9 Å². The van der Waals surface area contributed by atoms with Crippen LogP contribution >= 0.6 is 0 Å². The van der Waals surface area contributed by atoms with Crippen LogP contribution in [0.4, 0.5) is 0 Å². The molecule has 0 saturated carbocycles. The summed E-state index contributed by atoms with van der Waals surface area (Å²) in [6.45, 7) is 1.71. The molecule has 0 saturated heterocycles. The number of hydrogen-bond acceptors (Lipinski definition) is 4. The maximum Gasteiger partial charge on any atom is 0.371 e. The Morgan fingerprint density at radius 3 is 2.36 bits per heavy atom. The van der Waals surface area contributed by atoms with Gasteiger partial charge in [-0.3, -0.25) is 0 Å². The van der Waals surface area contributed by atoms with Gasteiger partial charge < -0.3 is 14.9 Å². The molecule has 5 nitrogen and oxygen atoms in total. The number of aliphatic hydroxyl groups excluding tert-OH is 1. The van der Waals surface area contributed by atoms with Crippen LogP contribution in [0.15, 0.2) is 11.8 Å². The summed E-state index contributed by atoms with van der Waals surface area (Å²) >= 11 is 0. The van der Waals surface area contributed by atoms with Crippen molar-refractivity contribution in [2.24, 2.45) is 0 Å². The normalized spacial score (nSPS) is 10.8. The second-order valence-electron chi connectivity index (χ2n) is 1.59. The van der Waals surface area contributed by atoms with Crippen LogP contribution < -0.4 is 0 Å². The van der Waals surface area contributed by atoms with Crippen LogP contribution in [0.1, 0.15) is 6.92 Å². The molecule has 0 aliphatic rings. The first-order chi connectivity index (χ1) is 5.07. The molecule has 0 unspecified atom stereocenters. The largest absolute Gasteiger partial charge is 0.502 e. The van der Waals surface area contributed by atoms with Crippen LogP contribution in [0.3, 0.4) is 0 Å². The van der Waals surface area contributed by atoms with Gasteiger partial charge in [-0.1, -0.05) is 0 Å². The monoisotopic (exact) mass is 160 g/mol. The van der Waals surface area contributed by atoms with Gasteiger partial charge in [-0.25, -0.2) is 9.59 Å². The van der Waals surface area contributed by atoms with Crippen LogP contribution in [0.5, 0.6) is 0 Å². The standard InChI is InChI=1S/C6H8O5/c1-2-11-5(8)3-4(7)6(9)10/h3,7H,2H2,1H3,(H,9,10). The second kappa shape index (κ2) is 4.32. The lowest BCUT2D eigenvalue weighted by atomic mass is 10.4. The van der Waals surface area contributed by atoms with E-state index in [1.165, 1.54) is 0 Å². The van der Waals surface area contributed by atoms with Crippen LogP contribution in [0.25, 0.3) is 0 Å². The van der Waals surface area contributed by atoms with E-state index in [0.29, 0.717) is 6.08 Å². The molecule has 11 heavy (non-hydrogen) atoms. The first kappa shape index (κ1) is 9.48. The number of carbonyl (C=O) groups is 2. The highest BCUT2D eigenvalue weighted by atomic mass is 16.5. The van der Waals surface area contributed by atoms with Crippen LogP contribution in [-0.2, 0) is 14.3 Å². The highest BCUT2D eigenvalue weighted by Gasteiger charge is 2.06. The Labute approximate surface area is 62.9 Å². The van der Waals surface area contributed by atoms with E-state index in [2.05, 4.69) is 4.74 Å². The number of carboxylic acid groups (broad SMARTS) is 1. The number of carboxylic acids is 1. The Bertz CT molecular complexity index is 193. The third-order valence-electron chi connectivity index (χ3n) is 0.760. The number of aliphatic carboxylic acids is 1. The highest BCUT2D eigenvalue weighted by Crippen LogP contribution is 1.89. The van der Waals surface area contributed by atoms with Gasteiger partial charge >= 0.3 is 11.9 Å². The van der Waals surface area contributed by atoms with E-state index in [4.69, 9.17) is 10.2 Å². The summed E-state index contributed by atoms with van der Waals surface area (Å²) in [6.07, 6.45) is 0.506. The molecule has 0 amide bonds. The van der Waals surface area contributed by atoms with Crippen LogP contribution in [0, 0.1) is 0 Å². The Morgan fingerprint density at radius 1 is 1.45 bits per heavy atom. The van der Waals surface area contributed by atoms with Gasteiger partial charge in [-0.2, -0.15) is 0 Å². The molecule has 0 bridgehead atoms. The van der Waals surface area contributed by atoms with E-state index in [1.807, 2.05) is 0 Å². The molecular weight excluding hydrogens is 152 g/mol. The molecule has 0 rings (SSSR count). The van der Waals surface area contributed by atoms with Gasteiger partial charge in [0.1, 0.15) is 0 Å². The van der Waals surface area contributed by atoms with Gasteiger partial charge in [-0.05, 0) is 6.92 Å². The van der Waals surface area contributed by atoms with E-state index in [9.17, 15) is 9.59 Å². The van der Waals surface area contributed by atoms with Crippen molar-refractivity contribution < 1.29 is 24.5 Å². The van der Waals surface area contributed by atoms with E-state index in [1.54, 1.807) is 6.92 Å². The van der Waals surface area contributed by atoms with Crippen molar-refractivity contribution in [3.05, 3.63) is 11.8 Å². The smallest absolute Gasteiger partial charge is 0.371 e. The summed E-state index contributed by atoms with van der Waals surface area (Å²) in [5.41, 5.74) is 0. The molecule has 62 valence electrons. The summed E-state index contributed by atoms with van der Waals surface area (Å²) in [5.74, 6) is -3.45. The van der Waals surface area contributed by atoms with Crippen molar-refractivity contribution in [2.45, 2.75) is 6.92 Å². The lowest BCUT2D eigenvalue weighted by molar-refractivity contribution is -0.140. The van der Waals surface area contributed by atoms with Gasteiger partial charge in [0.05, 0.1) is 12.7 Å². The summed E-state index contributed by atoms with van der Waals surface area (Å²) in [7, 11) is 0. The molecular formula is C6H8O5. The third kappa shape index (κ3) is 3.96. The molecule has 0 heterocycles. The number of hydrogen-bond donors (Lipinski definition) is 2. The number of aliphatic hydroxyl groups is 1. The quantitative estimate of drug-likeness (QED) is 0.347. The maximum absolute atomic E-state index is 10.4. The van der Waals surface area contributed by atoms with E-state index in [0.717, 1.165) is 0 Å². The summed E-state index contributed by atoms with van der Waals surface area (Å²) < 4.78 is 4.32. The van der Waals surface area contributed by atoms with Crippen molar-refractivity contribution in [1.29, 1.82) is 0 Å². The Balaban J connectivity index is 4.08. The van der Waals surface area contributed by atoms with Gasteiger partial charge in [-0.15, -0.1) is 0 Å². The Hall–Kier alpha value is -1.52. The average Bonchev–Trinajstić information content (AvgIpc) is 1.87. The van der Waals surface area contributed by atoms with Crippen LogP contribution in [0.2, 0.25) is 0 Å². The Morgan fingerprint density at radius 2 is 2.00 bits per heavy atom. The molecule has 0 aliphatic heterocycles. The second-order valence-corrected chi connectivity index (χ2v) is 1.59. The minimum Gasteiger partial charge on any atom is -0.502 e. The van der Waals surface area contributed by atoms with Crippen molar-refractivity contribution in [1.82, 2.24) is 0 Å². The zero-order chi connectivity index (χ0) is 8.85. The predicted molar refractivity (Wildman–Crippen MR) is 35.0 cm³/mol. The zero-order valence-electron chi connectivity index (χ0n) is 5.90. The predicted octanol–water partition coefficient (Wildman–Crippen LogP) is 0.0760. The van der Waals surface area contributed by atoms with Crippen molar-refractivity contribution in [2.75, 3.05) is 6.61 Å². The van der Waals surface area contributed by atoms with Crippen LogP contribution in [-0.4, -0.2) is 28.8 Å². The first-order valence-corrected chi connectivity index (χ1v) is 2.88. The fourth-order valence-electron chi connectivity index (χ4n) is 0.357. The molecule has 0 fully saturated rings. The van der Waals surface area contributed by atoms with E-state index in [-0.39, 0.29) is 6.61 Å². The number of rotatable bonds is 3. The lowest BCUT2D eigenvalue weighted by Gasteiger charge is -1.94. The molecule has 0 aliphatic carbocycles. The third-order valence-corrected chi connectivity index (χ3v) is 0.760. The Kier molecular flexibility index (Phi) is 3.72. The molecule has 0 atom stereocenters. The first-order valence-electron chi connectivity index (χ1n) is 2.88. The van der Waals surface area contributed by atoms with Gasteiger partial charge in [0.2, 0.25) is 5.76 Å². The van der Waals surface area contributed by atoms with Gasteiger partial charge in [0, 0.05) is 0 Å². The fraction of sp³-hybridized carbons (Fsp3) is 0.333. The van der Waals surface area contributed by atoms with Gasteiger partial charge in [0.25, 0.3) is 0 Å². The zero-order valence-corrected chi connectivity index (χ0v) is 5.90. The summed E-state index contributed by atoms with van der Waals surface area (Å²) in [4.78, 5) is 20.3. The van der Waals surface area contributed by atoms with E-state index >= 15 is 0 Å².